The first-order valence-corrected chi connectivity index (χ1v) is 8.15. The lowest BCUT2D eigenvalue weighted by atomic mass is 10.2. The maximum absolute atomic E-state index is 12.9. The molecular weight excluding hydrogens is 336 g/mol. The van der Waals surface area contributed by atoms with Gasteiger partial charge in [-0.1, -0.05) is 35.3 Å². The molecule has 0 aliphatic heterocycles. The van der Waals surface area contributed by atoms with Gasteiger partial charge in [-0.05, 0) is 35.9 Å². The van der Waals surface area contributed by atoms with Gasteiger partial charge in [0.1, 0.15) is 5.82 Å². The van der Waals surface area contributed by atoms with Crippen LogP contribution < -0.4 is 0 Å². The molecule has 0 spiro atoms. The van der Waals surface area contributed by atoms with Crippen molar-refractivity contribution in [1.82, 2.24) is 4.31 Å². The van der Waals surface area contributed by atoms with Gasteiger partial charge in [-0.25, -0.2) is 12.8 Å². The van der Waals surface area contributed by atoms with Crippen LogP contribution in [-0.4, -0.2) is 19.8 Å². The maximum atomic E-state index is 12.9. The molecule has 21 heavy (non-hydrogen) atoms. The predicted octanol–water partition coefficient (Wildman–Crippen LogP) is 3.95. The van der Waals surface area contributed by atoms with E-state index in [1.54, 1.807) is 0 Å². The van der Waals surface area contributed by atoms with Crippen molar-refractivity contribution in [3.05, 3.63) is 63.9 Å². The molecule has 0 saturated heterocycles. The minimum absolute atomic E-state index is 0.0182. The molecule has 0 saturated carbocycles. The molecule has 0 unspecified atom stereocenters. The SMILES string of the molecule is CN(Cc1ccc(F)cc1)S(=O)(=O)c1cc(Cl)cc(Cl)c1. The van der Waals surface area contributed by atoms with Gasteiger partial charge >= 0.3 is 0 Å². The Morgan fingerprint density at radius 3 is 2.10 bits per heavy atom. The molecule has 2 rings (SSSR count). The number of rotatable bonds is 4. The third kappa shape index (κ3) is 3.95. The van der Waals surface area contributed by atoms with Crippen LogP contribution in [0.3, 0.4) is 0 Å². The van der Waals surface area contributed by atoms with Crippen LogP contribution in [0.1, 0.15) is 5.56 Å². The molecule has 0 heterocycles. The zero-order valence-corrected chi connectivity index (χ0v) is 13.4. The number of halogens is 3. The maximum Gasteiger partial charge on any atom is 0.243 e. The van der Waals surface area contributed by atoms with Crippen LogP contribution >= 0.6 is 23.2 Å². The van der Waals surface area contributed by atoms with Crippen LogP contribution in [0.5, 0.6) is 0 Å². The van der Waals surface area contributed by atoms with Crippen molar-refractivity contribution in [3.8, 4) is 0 Å². The van der Waals surface area contributed by atoms with Gasteiger partial charge in [-0.3, -0.25) is 0 Å². The molecule has 7 heteroatoms. The molecule has 0 radical (unpaired) electrons. The molecule has 3 nitrogen and oxygen atoms in total. The smallest absolute Gasteiger partial charge is 0.207 e. The van der Waals surface area contributed by atoms with Crippen molar-refractivity contribution in [3.63, 3.8) is 0 Å². The fourth-order valence-electron chi connectivity index (χ4n) is 1.79. The highest BCUT2D eigenvalue weighted by molar-refractivity contribution is 7.89. The van der Waals surface area contributed by atoms with E-state index in [0.717, 1.165) is 4.31 Å². The Labute approximate surface area is 133 Å². The number of hydrogen-bond acceptors (Lipinski definition) is 2. The molecule has 0 fully saturated rings. The monoisotopic (exact) mass is 347 g/mol. The first-order valence-electron chi connectivity index (χ1n) is 5.96. The highest BCUT2D eigenvalue weighted by atomic mass is 35.5. The van der Waals surface area contributed by atoms with Crippen LogP contribution in [0.15, 0.2) is 47.4 Å². The van der Waals surface area contributed by atoms with Gasteiger partial charge in [-0.2, -0.15) is 4.31 Å². The zero-order chi connectivity index (χ0) is 15.6. The lowest BCUT2D eigenvalue weighted by Crippen LogP contribution is -2.26. The second-order valence-corrected chi connectivity index (χ2v) is 7.41. The van der Waals surface area contributed by atoms with Gasteiger partial charge in [0, 0.05) is 23.6 Å². The summed E-state index contributed by atoms with van der Waals surface area (Å²) in [6.07, 6.45) is 0. The van der Waals surface area contributed by atoms with E-state index in [9.17, 15) is 12.8 Å². The van der Waals surface area contributed by atoms with Gasteiger partial charge in [-0.15, -0.1) is 0 Å². The van der Waals surface area contributed by atoms with Gasteiger partial charge in [0.05, 0.1) is 4.90 Å². The lowest BCUT2D eigenvalue weighted by molar-refractivity contribution is 0.466. The fraction of sp³-hybridized carbons (Fsp3) is 0.143. The van der Waals surface area contributed by atoms with Gasteiger partial charge in [0.15, 0.2) is 0 Å². The van der Waals surface area contributed by atoms with Crippen LogP contribution in [0, 0.1) is 5.82 Å². The molecule has 0 aliphatic carbocycles. The summed E-state index contributed by atoms with van der Waals surface area (Å²) < 4.78 is 38.9. The van der Waals surface area contributed by atoms with E-state index in [2.05, 4.69) is 0 Å². The number of nitrogens with zero attached hydrogens (tertiary/aromatic N) is 1. The highest BCUT2D eigenvalue weighted by Crippen LogP contribution is 2.25. The van der Waals surface area contributed by atoms with E-state index < -0.39 is 10.0 Å². The van der Waals surface area contributed by atoms with Crippen LogP contribution in [0.4, 0.5) is 4.39 Å². The van der Waals surface area contributed by atoms with Crippen molar-refractivity contribution < 1.29 is 12.8 Å². The second-order valence-electron chi connectivity index (χ2n) is 4.49. The molecule has 0 atom stereocenters. The number of hydrogen-bond donors (Lipinski definition) is 0. The Bertz CT molecular complexity index is 728. The summed E-state index contributed by atoms with van der Waals surface area (Å²) >= 11 is 11.7. The summed E-state index contributed by atoms with van der Waals surface area (Å²) in [5, 5.41) is 0.493. The van der Waals surface area contributed by atoms with E-state index in [1.165, 1.54) is 49.5 Å². The summed E-state index contributed by atoms with van der Waals surface area (Å²) in [5.41, 5.74) is 0.676. The quantitative estimate of drug-likeness (QED) is 0.839. The van der Waals surface area contributed by atoms with E-state index in [1.807, 2.05) is 0 Å². The first-order chi connectivity index (χ1) is 9.79. The lowest BCUT2D eigenvalue weighted by Gasteiger charge is -2.17. The zero-order valence-electron chi connectivity index (χ0n) is 11.1. The third-order valence-electron chi connectivity index (χ3n) is 2.86. The normalized spacial score (nSPS) is 11.9. The highest BCUT2D eigenvalue weighted by Gasteiger charge is 2.21. The topological polar surface area (TPSA) is 37.4 Å². The van der Waals surface area contributed by atoms with Crippen molar-refractivity contribution >= 4 is 33.2 Å². The fourth-order valence-corrected chi connectivity index (χ4v) is 3.68. The molecule has 0 aromatic heterocycles. The predicted molar refractivity (Wildman–Crippen MR) is 81.5 cm³/mol. The van der Waals surface area contributed by atoms with Crippen LogP contribution in [0.2, 0.25) is 10.0 Å². The van der Waals surface area contributed by atoms with E-state index in [0.29, 0.717) is 5.56 Å². The molecular formula is C14H12Cl2FNO2S. The van der Waals surface area contributed by atoms with Crippen LogP contribution in [-0.2, 0) is 16.6 Å². The Morgan fingerprint density at radius 2 is 1.57 bits per heavy atom. The minimum atomic E-state index is -3.72. The molecule has 2 aromatic rings. The average Bonchev–Trinajstić information content (AvgIpc) is 2.40. The largest absolute Gasteiger partial charge is 0.243 e. The summed E-state index contributed by atoms with van der Waals surface area (Å²) in [5.74, 6) is -0.370. The van der Waals surface area contributed by atoms with E-state index in [4.69, 9.17) is 23.2 Å². The minimum Gasteiger partial charge on any atom is -0.207 e. The first kappa shape index (κ1) is 16.2. The van der Waals surface area contributed by atoms with Crippen molar-refractivity contribution in [1.29, 1.82) is 0 Å². The molecule has 112 valence electrons. The van der Waals surface area contributed by atoms with Crippen molar-refractivity contribution in [2.75, 3.05) is 7.05 Å². The van der Waals surface area contributed by atoms with Gasteiger partial charge in [0.25, 0.3) is 0 Å². The molecule has 0 N–H and O–H groups in total. The second kappa shape index (κ2) is 6.32. The Balaban J connectivity index is 2.28. The van der Waals surface area contributed by atoms with Gasteiger partial charge in [0.2, 0.25) is 10.0 Å². The third-order valence-corrected chi connectivity index (χ3v) is 5.08. The van der Waals surface area contributed by atoms with E-state index >= 15 is 0 Å². The van der Waals surface area contributed by atoms with E-state index in [-0.39, 0.29) is 27.3 Å². The molecule has 0 aliphatic rings. The summed E-state index contributed by atoms with van der Waals surface area (Å²) in [4.78, 5) is 0.0182. The summed E-state index contributed by atoms with van der Waals surface area (Å²) in [6, 6.07) is 9.77. The van der Waals surface area contributed by atoms with Crippen LogP contribution in [0.25, 0.3) is 0 Å². The van der Waals surface area contributed by atoms with Crippen molar-refractivity contribution in [2.24, 2.45) is 0 Å². The molecule has 2 aromatic carbocycles. The van der Waals surface area contributed by atoms with Gasteiger partial charge < -0.3 is 0 Å². The van der Waals surface area contributed by atoms with Crippen molar-refractivity contribution in [2.45, 2.75) is 11.4 Å². The number of sulfonamides is 1. The summed E-state index contributed by atoms with van der Waals surface area (Å²) in [6.45, 7) is 0.118. The number of benzene rings is 2. The average molecular weight is 348 g/mol. The Hall–Kier alpha value is -1.14. The standard InChI is InChI=1S/C14H12Cl2FNO2S/c1-18(9-10-2-4-13(17)5-3-10)21(19,20)14-7-11(15)6-12(16)8-14/h2-8H,9H2,1H3. The Kier molecular flexibility index (Phi) is 4.88. The summed E-state index contributed by atoms with van der Waals surface area (Å²) in [7, 11) is -2.28. The Morgan fingerprint density at radius 1 is 1.05 bits per heavy atom. The molecule has 0 amide bonds. The molecule has 0 bridgehead atoms.